The minimum Gasteiger partial charge on any atom is -0.346 e. The van der Waals surface area contributed by atoms with Gasteiger partial charge in [-0.2, -0.15) is 0 Å². The number of nitrogens with one attached hydrogen (secondary N) is 1. The average molecular weight is 227 g/mol. The van der Waals surface area contributed by atoms with E-state index in [2.05, 4.69) is 5.32 Å². The summed E-state index contributed by atoms with van der Waals surface area (Å²) in [6.07, 6.45) is 0.417. The molecule has 0 aliphatic heterocycles. The zero-order chi connectivity index (χ0) is 12.9. The van der Waals surface area contributed by atoms with Gasteiger partial charge in [-0.15, -0.1) is 0 Å². The first-order valence-corrected chi connectivity index (χ1v) is 5.41. The maximum absolute atomic E-state index is 11.6. The first kappa shape index (κ1) is 14.8. The normalized spacial score (nSPS) is 13.1. The van der Waals surface area contributed by atoms with Gasteiger partial charge in [0.1, 0.15) is 5.78 Å². The summed E-state index contributed by atoms with van der Waals surface area (Å²) in [6, 6.07) is -0.674. The van der Waals surface area contributed by atoms with E-state index in [0.717, 1.165) is 0 Å². The highest BCUT2D eigenvalue weighted by Gasteiger charge is 2.22. The number of carbonyl (C=O) groups is 3. The monoisotopic (exact) mass is 227 g/mol. The number of rotatable bonds is 5. The van der Waals surface area contributed by atoms with E-state index in [0.29, 0.717) is 6.42 Å². The van der Waals surface area contributed by atoms with Crippen LogP contribution in [0.4, 0.5) is 0 Å². The van der Waals surface area contributed by atoms with Crippen LogP contribution in [-0.2, 0) is 14.4 Å². The summed E-state index contributed by atoms with van der Waals surface area (Å²) in [5, 5.41) is 2.60. The Labute approximate surface area is 96.8 Å². The number of ketones is 2. The highest BCUT2D eigenvalue weighted by Crippen LogP contribution is 2.18. The minimum atomic E-state index is -0.674. The molecule has 0 aliphatic carbocycles. The zero-order valence-electron chi connectivity index (χ0n) is 10.7. The van der Waals surface area contributed by atoms with Gasteiger partial charge in [-0.25, -0.2) is 0 Å². The second-order valence-electron chi connectivity index (χ2n) is 5.37. The third-order valence-electron chi connectivity index (χ3n) is 2.01. The Kier molecular flexibility index (Phi) is 5.35. The van der Waals surface area contributed by atoms with E-state index in [9.17, 15) is 14.4 Å². The standard InChI is InChI=1S/C12H21NO3/c1-8(14)6-10(9(2)15)13-11(16)7-12(3,4)5/h10H,6-7H2,1-5H3,(H,13,16). The number of amides is 1. The summed E-state index contributed by atoms with van der Waals surface area (Å²) in [5.41, 5.74) is -0.123. The van der Waals surface area contributed by atoms with Crippen LogP contribution in [0.3, 0.4) is 0 Å². The largest absolute Gasteiger partial charge is 0.346 e. The summed E-state index contributed by atoms with van der Waals surface area (Å²) in [5.74, 6) is -0.470. The predicted octanol–water partition coefficient (Wildman–Crippen LogP) is 1.48. The van der Waals surface area contributed by atoms with E-state index in [-0.39, 0.29) is 29.3 Å². The van der Waals surface area contributed by atoms with Crippen molar-refractivity contribution >= 4 is 17.5 Å². The van der Waals surface area contributed by atoms with Crippen LogP contribution in [0.5, 0.6) is 0 Å². The molecule has 0 saturated carbocycles. The van der Waals surface area contributed by atoms with E-state index in [4.69, 9.17) is 0 Å². The lowest BCUT2D eigenvalue weighted by atomic mass is 9.91. The predicted molar refractivity (Wildman–Crippen MR) is 62.0 cm³/mol. The molecule has 0 aromatic heterocycles. The summed E-state index contributed by atoms with van der Waals surface area (Å²) in [4.78, 5) is 33.7. The van der Waals surface area contributed by atoms with Crippen molar-refractivity contribution in [1.82, 2.24) is 5.32 Å². The van der Waals surface area contributed by atoms with E-state index in [1.165, 1.54) is 13.8 Å². The Morgan fingerprint density at radius 1 is 1.12 bits per heavy atom. The quantitative estimate of drug-likeness (QED) is 0.773. The van der Waals surface area contributed by atoms with Crippen LogP contribution in [-0.4, -0.2) is 23.5 Å². The van der Waals surface area contributed by atoms with Crippen LogP contribution in [0.2, 0.25) is 0 Å². The molecule has 0 aromatic rings. The van der Waals surface area contributed by atoms with Crippen LogP contribution >= 0.6 is 0 Å². The van der Waals surface area contributed by atoms with Crippen LogP contribution in [0.1, 0.15) is 47.5 Å². The molecule has 0 aliphatic rings. The Morgan fingerprint density at radius 3 is 1.94 bits per heavy atom. The average Bonchev–Trinajstić information content (AvgIpc) is 1.97. The molecule has 0 aromatic carbocycles. The van der Waals surface area contributed by atoms with Crippen molar-refractivity contribution in [2.45, 2.75) is 53.5 Å². The van der Waals surface area contributed by atoms with Gasteiger partial charge in [-0.3, -0.25) is 14.4 Å². The molecule has 1 N–H and O–H groups in total. The van der Waals surface area contributed by atoms with Crippen molar-refractivity contribution in [3.05, 3.63) is 0 Å². The summed E-state index contributed by atoms with van der Waals surface area (Å²) >= 11 is 0. The van der Waals surface area contributed by atoms with Crippen molar-refractivity contribution in [3.63, 3.8) is 0 Å². The summed E-state index contributed by atoms with van der Waals surface area (Å²) < 4.78 is 0. The second-order valence-corrected chi connectivity index (χ2v) is 5.37. The Balaban J connectivity index is 4.35. The first-order chi connectivity index (χ1) is 7.11. The number of hydrogen-bond donors (Lipinski definition) is 1. The molecule has 0 bridgehead atoms. The SMILES string of the molecule is CC(=O)CC(NC(=O)CC(C)(C)C)C(C)=O. The molecule has 16 heavy (non-hydrogen) atoms. The van der Waals surface area contributed by atoms with Gasteiger partial charge in [0.05, 0.1) is 6.04 Å². The van der Waals surface area contributed by atoms with Crippen molar-refractivity contribution in [2.75, 3.05) is 0 Å². The summed E-state index contributed by atoms with van der Waals surface area (Å²) in [7, 11) is 0. The maximum atomic E-state index is 11.6. The van der Waals surface area contributed by atoms with Crippen molar-refractivity contribution < 1.29 is 14.4 Å². The van der Waals surface area contributed by atoms with E-state index < -0.39 is 6.04 Å². The van der Waals surface area contributed by atoms with Crippen LogP contribution < -0.4 is 5.32 Å². The molecule has 1 unspecified atom stereocenters. The third kappa shape index (κ3) is 7.15. The smallest absolute Gasteiger partial charge is 0.221 e. The van der Waals surface area contributed by atoms with Crippen LogP contribution in [0, 0.1) is 5.41 Å². The lowest BCUT2D eigenvalue weighted by molar-refractivity contribution is -0.129. The Bertz CT molecular complexity index is 289. The van der Waals surface area contributed by atoms with Gasteiger partial charge in [-0.05, 0) is 19.3 Å². The lowest BCUT2D eigenvalue weighted by Gasteiger charge is -2.20. The number of Topliss-reactive ketones (excluding diaryl/α,β-unsaturated/α-hetero) is 2. The van der Waals surface area contributed by atoms with Gasteiger partial charge in [0, 0.05) is 12.8 Å². The second kappa shape index (κ2) is 5.77. The fourth-order valence-corrected chi connectivity index (χ4v) is 1.31. The fraction of sp³-hybridized carbons (Fsp3) is 0.750. The van der Waals surface area contributed by atoms with Gasteiger partial charge in [-0.1, -0.05) is 20.8 Å². The third-order valence-corrected chi connectivity index (χ3v) is 2.01. The van der Waals surface area contributed by atoms with Crippen LogP contribution in [0.25, 0.3) is 0 Å². The highest BCUT2D eigenvalue weighted by molar-refractivity contribution is 5.91. The molecule has 1 amide bonds. The van der Waals surface area contributed by atoms with E-state index in [1.807, 2.05) is 20.8 Å². The first-order valence-electron chi connectivity index (χ1n) is 5.41. The molecule has 0 saturated heterocycles. The molecule has 0 rings (SSSR count). The molecule has 0 fully saturated rings. The molecule has 92 valence electrons. The molecular weight excluding hydrogens is 206 g/mol. The topological polar surface area (TPSA) is 63.2 Å². The maximum Gasteiger partial charge on any atom is 0.221 e. The molecule has 0 heterocycles. The molecule has 4 nitrogen and oxygen atoms in total. The number of carbonyl (C=O) groups excluding carboxylic acids is 3. The van der Waals surface area contributed by atoms with Gasteiger partial charge >= 0.3 is 0 Å². The molecule has 1 atom stereocenters. The molecular formula is C12H21NO3. The zero-order valence-corrected chi connectivity index (χ0v) is 10.7. The van der Waals surface area contributed by atoms with Gasteiger partial charge in [0.2, 0.25) is 5.91 Å². The lowest BCUT2D eigenvalue weighted by Crippen LogP contribution is -2.42. The van der Waals surface area contributed by atoms with Crippen molar-refractivity contribution in [2.24, 2.45) is 5.41 Å². The minimum absolute atomic E-state index is 0.0746. The van der Waals surface area contributed by atoms with Gasteiger partial charge in [0.15, 0.2) is 5.78 Å². The molecule has 0 radical (unpaired) electrons. The molecule has 4 heteroatoms. The van der Waals surface area contributed by atoms with Gasteiger partial charge < -0.3 is 5.32 Å². The van der Waals surface area contributed by atoms with Crippen molar-refractivity contribution in [3.8, 4) is 0 Å². The van der Waals surface area contributed by atoms with Gasteiger partial charge in [0.25, 0.3) is 0 Å². The highest BCUT2D eigenvalue weighted by atomic mass is 16.2. The number of hydrogen-bond acceptors (Lipinski definition) is 3. The molecule has 0 spiro atoms. The Hall–Kier alpha value is -1.19. The van der Waals surface area contributed by atoms with Crippen LogP contribution in [0.15, 0.2) is 0 Å². The Morgan fingerprint density at radius 2 is 1.62 bits per heavy atom. The summed E-state index contributed by atoms with van der Waals surface area (Å²) in [6.45, 7) is 8.62. The van der Waals surface area contributed by atoms with E-state index >= 15 is 0 Å². The van der Waals surface area contributed by atoms with E-state index in [1.54, 1.807) is 0 Å². The van der Waals surface area contributed by atoms with Crippen molar-refractivity contribution in [1.29, 1.82) is 0 Å². The fourth-order valence-electron chi connectivity index (χ4n) is 1.31.